The smallest absolute Gasteiger partial charge is 0.491 e. The molecule has 94 valence electrons. The number of halogens is 1. The summed E-state index contributed by atoms with van der Waals surface area (Å²) in [4.78, 5) is 0. The molecule has 0 radical (unpaired) electrons. The van der Waals surface area contributed by atoms with Crippen LogP contribution in [0.5, 0.6) is 11.5 Å². The first kappa shape index (κ1) is 13.8. The van der Waals surface area contributed by atoms with Gasteiger partial charge in [0.2, 0.25) is 5.82 Å². The molecule has 0 saturated carbocycles. The number of rotatable bonds is 5. The minimum Gasteiger partial charge on any atom is -0.491 e. The van der Waals surface area contributed by atoms with Crippen LogP contribution in [0.3, 0.4) is 0 Å². The Morgan fingerprint density at radius 2 is 2.00 bits per heavy atom. The zero-order valence-electron chi connectivity index (χ0n) is 10.1. The second-order valence-corrected chi connectivity index (χ2v) is 3.77. The van der Waals surface area contributed by atoms with Gasteiger partial charge in [0, 0.05) is 5.46 Å². The predicted octanol–water partition coefficient (Wildman–Crippen LogP) is 0.691. The minimum atomic E-state index is -1.78. The van der Waals surface area contributed by atoms with Gasteiger partial charge in [-0.2, -0.15) is 4.39 Å². The predicted molar refractivity (Wildman–Crippen MR) is 63.2 cm³/mol. The van der Waals surface area contributed by atoms with Gasteiger partial charge < -0.3 is 19.5 Å². The summed E-state index contributed by atoms with van der Waals surface area (Å²) in [6, 6.07) is 2.73. The number of ether oxygens (including phenoxy) is 2. The van der Waals surface area contributed by atoms with Crippen molar-refractivity contribution in [3.05, 3.63) is 17.9 Å². The fourth-order valence-corrected chi connectivity index (χ4v) is 1.39. The normalized spacial score (nSPS) is 10.5. The Labute approximate surface area is 100 Å². The first-order valence-electron chi connectivity index (χ1n) is 5.45. The zero-order chi connectivity index (χ0) is 13.0. The van der Waals surface area contributed by atoms with E-state index >= 15 is 0 Å². The summed E-state index contributed by atoms with van der Waals surface area (Å²) >= 11 is 0. The lowest BCUT2D eigenvalue weighted by molar-refractivity contribution is 0.225. The molecule has 0 fully saturated rings. The van der Waals surface area contributed by atoms with Crippen molar-refractivity contribution in [1.82, 2.24) is 0 Å². The Morgan fingerprint density at radius 1 is 1.35 bits per heavy atom. The third-order valence-corrected chi connectivity index (χ3v) is 2.02. The number of hydrogen-bond acceptors (Lipinski definition) is 4. The lowest BCUT2D eigenvalue weighted by Gasteiger charge is -2.15. The van der Waals surface area contributed by atoms with Gasteiger partial charge in [-0.3, -0.25) is 0 Å². The average molecular weight is 242 g/mol. The van der Waals surface area contributed by atoms with Crippen LogP contribution in [0.1, 0.15) is 20.8 Å². The van der Waals surface area contributed by atoms with Crippen LogP contribution in [0, 0.1) is 5.82 Å². The van der Waals surface area contributed by atoms with E-state index in [1.807, 2.05) is 0 Å². The van der Waals surface area contributed by atoms with Crippen LogP contribution in [0.4, 0.5) is 4.39 Å². The van der Waals surface area contributed by atoms with E-state index in [2.05, 4.69) is 0 Å². The first-order chi connectivity index (χ1) is 7.97. The van der Waals surface area contributed by atoms with Crippen molar-refractivity contribution in [3.63, 3.8) is 0 Å². The van der Waals surface area contributed by atoms with E-state index in [-0.39, 0.29) is 29.7 Å². The summed E-state index contributed by atoms with van der Waals surface area (Å²) in [5.41, 5.74) is -0.0135. The van der Waals surface area contributed by atoms with Crippen LogP contribution in [-0.2, 0) is 0 Å². The molecule has 6 heteroatoms. The molecule has 0 bridgehead atoms. The highest BCUT2D eigenvalue weighted by atomic mass is 19.1. The van der Waals surface area contributed by atoms with Crippen molar-refractivity contribution in [3.8, 4) is 11.5 Å². The van der Waals surface area contributed by atoms with Gasteiger partial charge in [-0.15, -0.1) is 0 Å². The maximum absolute atomic E-state index is 14.0. The second kappa shape index (κ2) is 5.88. The van der Waals surface area contributed by atoms with Gasteiger partial charge in [-0.25, -0.2) is 0 Å². The Morgan fingerprint density at radius 3 is 2.47 bits per heavy atom. The molecule has 0 amide bonds. The Kier molecular flexibility index (Phi) is 4.78. The van der Waals surface area contributed by atoms with Crippen molar-refractivity contribution >= 4 is 12.6 Å². The highest BCUT2D eigenvalue weighted by Gasteiger charge is 2.23. The molecule has 4 nitrogen and oxygen atoms in total. The number of hydrogen-bond donors (Lipinski definition) is 2. The molecule has 17 heavy (non-hydrogen) atoms. The zero-order valence-corrected chi connectivity index (χ0v) is 10.1. The molecular formula is C11H16BFO4. The van der Waals surface area contributed by atoms with Crippen molar-refractivity contribution in [2.24, 2.45) is 0 Å². The van der Waals surface area contributed by atoms with Gasteiger partial charge in [0.05, 0.1) is 12.7 Å². The lowest BCUT2D eigenvalue weighted by Crippen LogP contribution is -2.32. The SMILES string of the molecule is CCOc1c(B(O)O)ccc(OC(C)C)c1F. The van der Waals surface area contributed by atoms with E-state index in [9.17, 15) is 4.39 Å². The monoisotopic (exact) mass is 242 g/mol. The van der Waals surface area contributed by atoms with Gasteiger partial charge >= 0.3 is 7.12 Å². The van der Waals surface area contributed by atoms with Crippen molar-refractivity contribution in [1.29, 1.82) is 0 Å². The standard InChI is InChI=1S/C11H16BFO4/c1-4-16-11-8(12(14)15)5-6-9(10(11)13)17-7(2)3/h5-7,14-15H,4H2,1-3H3. The van der Waals surface area contributed by atoms with E-state index in [1.165, 1.54) is 12.1 Å². The molecule has 0 atom stereocenters. The summed E-state index contributed by atoms with van der Waals surface area (Å²) in [6.45, 7) is 5.45. The highest BCUT2D eigenvalue weighted by Crippen LogP contribution is 2.26. The van der Waals surface area contributed by atoms with Crippen molar-refractivity contribution in [2.75, 3.05) is 6.61 Å². The molecule has 0 aliphatic heterocycles. The topological polar surface area (TPSA) is 58.9 Å². The quantitative estimate of drug-likeness (QED) is 0.746. The Balaban J connectivity index is 3.18. The van der Waals surface area contributed by atoms with E-state index in [1.54, 1.807) is 20.8 Å². The van der Waals surface area contributed by atoms with Crippen LogP contribution in [0.2, 0.25) is 0 Å². The molecular weight excluding hydrogens is 226 g/mol. The molecule has 0 heterocycles. The fourth-order valence-electron chi connectivity index (χ4n) is 1.39. The maximum Gasteiger partial charge on any atom is 0.492 e. The summed E-state index contributed by atoms with van der Waals surface area (Å²) in [7, 11) is -1.78. The van der Waals surface area contributed by atoms with Crippen LogP contribution in [0.25, 0.3) is 0 Å². The molecule has 0 spiro atoms. The van der Waals surface area contributed by atoms with Crippen LogP contribution < -0.4 is 14.9 Å². The van der Waals surface area contributed by atoms with E-state index < -0.39 is 12.9 Å². The van der Waals surface area contributed by atoms with Crippen LogP contribution in [0.15, 0.2) is 12.1 Å². The lowest BCUT2D eigenvalue weighted by atomic mass is 9.79. The molecule has 2 N–H and O–H groups in total. The molecule has 0 aromatic heterocycles. The fraction of sp³-hybridized carbons (Fsp3) is 0.455. The highest BCUT2D eigenvalue weighted by molar-refractivity contribution is 6.59. The van der Waals surface area contributed by atoms with Gasteiger partial charge in [-0.05, 0) is 26.8 Å². The van der Waals surface area contributed by atoms with Crippen molar-refractivity contribution in [2.45, 2.75) is 26.9 Å². The van der Waals surface area contributed by atoms with Crippen molar-refractivity contribution < 1.29 is 23.9 Å². The molecule has 1 rings (SSSR count). The largest absolute Gasteiger partial charge is 0.492 e. The third kappa shape index (κ3) is 3.34. The third-order valence-electron chi connectivity index (χ3n) is 2.02. The summed E-state index contributed by atoms with van der Waals surface area (Å²) < 4.78 is 24.3. The van der Waals surface area contributed by atoms with Gasteiger partial charge in [0.1, 0.15) is 0 Å². The van der Waals surface area contributed by atoms with Gasteiger partial charge in [-0.1, -0.05) is 6.07 Å². The molecule has 0 aliphatic rings. The Hall–Kier alpha value is -1.27. The van der Waals surface area contributed by atoms with Crippen LogP contribution >= 0.6 is 0 Å². The first-order valence-corrected chi connectivity index (χ1v) is 5.45. The second-order valence-electron chi connectivity index (χ2n) is 3.77. The Bertz CT molecular complexity index is 382. The number of benzene rings is 1. The summed E-state index contributed by atoms with van der Waals surface area (Å²) in [6.07, 6.45) is -0.177. The molecule has 0 saturated heterocycles. The van der Waals surface area contributed by atoms with E-state index in [0.717, 1.165) is 0 Å². The van der Waals surface area contributed by atoms with Gasteiger partial charge in [0.25, 0.3) is 0 Å². The van der Waals surface area contributed by atoms with Gasteiger partial charge in [0.15, 0.2) is 11.5 Å². The molecule has 1 aromatic carbocycles. The maximum atomic E-state index is 14.0. The average Bonchev–Trinajstić information content (AvgIpc) is 2.23. The van der Waals surface area contributed by atoms with Crippen LogP contribution in [-0.4, -0.2) is 29.9 Å². The summed E-state index contributed by atoms with van der Waals surface area (Å²) in [5.74, 6) is -0.861. The molecule has 0 unspecified atom stereocenters. The van der Waals surface area contributed by atoms with E-state index in [4.69, 9.17) is 19.5 Å². The van der Waals surface area contributed by atoms with E-state index in [0.29, 0.717) is 0 Å². The summed E-state index contributed by atoms with van der Waals surface area (Å²) in [5, 5.41) is 18.2. The molecule has 0 aliphatic carbocycles. The minimum absolute atomic E-state index is 0.0135. The molecule has 1 aromatic rings.